The molecule has 120 valence electrons. The Labute approximate surface area is 145 Å². The van der Waals surface area contributed by atoms with Crippen LogP contribution in [0.5, 0.6) is 0 Å². The van der Waals surface area contributed by atoms with E-state index in [-0.39, 0.29) is 12.4 Å². The van der Waals surface area contributed by atoms with Crippen LogP contribution in [0.3, 0.4) is 0 Å². The van der Waals surface area contributed by atoms with E-state index in [4.69, 9.17) is 0 Å². The monoisotopic (exact) mass is 385 g/mol. The van der Waals surface area contributed by atoms with Gasteiger partial charge in [0.2, 0.25) is 0 Å². The summed E-state index contributed by atoms with van der Waals surface area (Å²) in [5, 5.41) is 7.96. The van der Waals surface area contributed by atoms with Crippen LogP contribution in [-0.4, -0.2) is 53.6 Å². The predicted octanol–water partition coefficient (Wildman–Crippen LogP) is 2.52. The molecule has 1 aliphatic rings. The van der Waals surface area contributed by atoms with Gasteiger partial charge in [-0.2, -0.15) is 0 Å². The summed E-state index contributed by atoms with van der Waals surface area (Å²) in [5.41, 5.74) is 0.948. The van der Waals surface area contributed by atoms with E-state index in [1.807, 2.05) is 12.1 Å². The SMILES string of the molecule is CC(CN1CCNCC1)Nc1ncnc2c(Br)cccc12.Cl. The molecule has 2 heterocycles. The van der Waals surface area contributed by atoms with Crippen molar-refractivity contribution in [1.29, 1.82) is 0 Å². The molecule has 0 bridgehead atoms. The molecule has 22 heavy (non-hydrogen) atoms. The summed E-state index contributed by atoms with van der Waals surface area (Å²) in [5.74, 6) is 0.906. The molecular weight excluding hydrogens is 366 g/mol. The first-order valence-corrected chi connectivity index (χ1v) is 8.12. The Kier molecular flexibility index (Phi) is 6.37. The van der Waals surface area contributed by atoms with E-state index in [0.717, 1.165) is 53.9 Å². The zero-order valence-electron chi connectivity index (χ0n) is 12.6. The number of para-hydroxylation sites is 1. The van der Waals surface area contributed by atoms with Crippen molar-refractivity contribution in [1.82, 2.24) is 20.2 Å². The molecule has 0 radical (unpaired) electrons. The normalized spacial score (nSPS) is 17.0. The van der Waals surface area contributed by atoms with Gasteiger partial charge in [-0.3, -0.25) is 4.90 Å². The molecule has 0 saturated carbocycles. The van der Waals surface area contributed by atoms with Crippen LogP contribution in [0.1, 0.15) is 6.92 Å². The topological polar surface area (TPSA) is 53.1 Å². The van der Waals surface area contributed by atoms with Crippen LogP contribution in [0, 0.1) is 0 Å². The third kappa shape index (κ3) is 4.07. The first kappa shape index (κ1) is 17.4. The average molecular weight is 387 g/mol. The molecule has 5 nitrogen and oxygen atoms in total. The fourth-order valence-electron chi connectivity index (χ4n) is 2.73. The van der Waals surface area contributed by atoms with E-state index in [2.05, 4.69) is 54.4 Å². The van der Waals surface area contributed by atoms with Crippen molar-refractivity contribution < 1.29 is 0 Å². The number of fused-ring (bicyclic) bond motifs is 1. The zero-order chi connectivity index (χ0) is 14.7. The molecule has 1 saturated heterocycles. The molecule has 1 fully saturated rings. The van der Waals surface area contributed by atoms with E-state index in [9.17, 15) is 0 Å². The molecule has 0 spiro atoms. The van der Waals surface area contributed by atoms with Gasteiger partial charge in [-0.15, -0.1) is 12.4 Å². The van der Waals surface area contributed by atoms with Gasteiger partial charge in [-0.1, -0.05) is 6.07 Å². The summed E-state index contributed by atoms with van der Waals surface area (Å²) >= 11 is 3.54. The number of anilines is 1. The van der Waals surface area contributed by atoms with Crippen LogP contribution in [0.25, 0.3) is 10.9 Å². The maximum absolute atomic E-state index is 4.41. The van der Waals surface area contributed by atoms with E-state index >= 15 is 0 Å². The summed E-state index contributed by atoms with van der Waals surface area (Å²) in [6.07, 6.45) is 1.62. The lowest BCUT2D eigenvalue weighted by atomic mass is 10.2. The lowest BCUT2D eigenvalue weighted by Crippen LogP contribution is -2.47. The molecule has 2 aromatic rings. The van der Waals surface area contributed by atoms with Crippen LogP contribution in [-0.2, 0) is 0 Å². The van der Waals surface area contributed by atoms with Crippen molar-refractivity contribution in [3.8, 4) is 0 Å². The highest BCUT2D eigenvalue weighted by Gasteiger charge is 2.14. The molecule has 3 rings (SSSR count). The number of hydrogen-bond donors (Lipinski definition) is 2. The van der Waals surface area contributed by atoms with E-state index in [1.54, 1.807) is 6.33 Å². The van der Waals surface area contributed by atoms with Gasteiger partial charge in [0, 0.05) is 48.6 Å². The number of hydrogen-bond acceptors (Lipinski definition) is 5. The minimum absolute atomic E-state index is 0. The lowest BCUT2D eigenvalue weighted by Gasteiger charge is -2.30. The van der Waals surface area contributed by atoms with Crippen molar-refractivity contribution in [2.24, 2.45) is 0 Å². The molecule has 7 heteroatoms. The van der Waals surface area contributed by atoms with Gasteiger partial charge in [0.25, 0.3) is 0 Å². The molecule has 0 amide bonds. The maximum atomic E-state index is 4.41. The molecule has 1 aromatic carbocycles. The van der Waals surface area contributed by atoms with Gasteiger partial charge in [-0.05, 0) is 35.0 Å². The molecule has 0 aliphatic carbocycles. The highest BCUT2D eigenvalue weighted by molar-refractivity contribution is 9.10. The van der Waals surface area contributed by atoms with Crippen molar-refractivity contribution in [2.75, 3.05) is 38.0 Å². The Morgan fingerprint density at radius 1 is 1.32 bits per heavy atom. The number of nitrogens with one attached hydrogen (secondary N) is 2. The highest BCUT2D eigenvalue weighted by atomic mass is 79.9. The first-order valence-electron chi connectivity index (χ1n) is 7.33. The molecule has 1 aromatic heterocycles. The third-order valence-corrected chi connectivity index (χ3v) is 4.38. The fourth-order valence-corrected chi connectivity index (χ4v) is 3.20. The summed E-state index contributed by atoms with van der Waals surface area (Å²) in [6, 6.07) is 6.42. The maximum Gasteiger partial charge on any atom is 0.137 e. The Morgan fingerprint density at radius 3 is 2.86 bits per heavy atom. The molecule has 1 atom stereocenters. The number of nitrogens with zero attached hydrogens (tertiary/aromatic N) is 3. The summed E-state index contributed by atoms with van der Waals surface area (Å²) in [4.78, 5) is 11.2. The van der Waals surface area contributed by atoms with Gasteiger partial charge in [0.1, 0.15) is 12.1 Å². The Bertz CT molecular complexity index is 618. The third-order valence-electron chi connectivity index (χ3n) is 3.74. The van der Waals surface area contributed by atoms with Crippen LogP contribution in [0.15, 0.2) is 29.0 Å². The average Bonchev–Trinajstić information content (AvgIpc) is 2.49. The predicted molar refractivity (Wildman–Crippen MR) is 96.9 cm³/mol. The first-order chi connectivity index (χ1) is 10.2. The second-order valence-corrected chi connectivity index (χ2v) is 6.31. The minimum atomic E-state index is 0. The Morgan fingerprint density at radius 2 is 2.09 bits per heavy atom. The van der Waals surface area contributed by atoms with Crippen molar-refractivity contribution in [2.45, 2.75) is 13.0 Å². The lowest BCUT2D eigenvalue weighted by molar-refractivity contribution is 0.235. The second-order valence-electron chi connectivity index (χ2n) is 5.45. The Hall–Kier alpha value is -0.950. The smallest absolute Gasteiger partial charge is 0.137 e. The largest absolute Gasteiger partial charge is 0.366 e. The number of aromatic nitrogens is 2. The van der Waals surface area contributed by atoms with Gasteiger partial charge in [0.05, 0.1) is 5.52 Å². The molecule has 1 unspecified atom stereocenters. The van der Waals surface area contributed by atoms with Crippen molar-refractivity contribution >= 4 is 45.1 Å². The number of benzene rings is 1. The summed E-state index contributed by atoms with van der Waals surface area (Å²) in [6.45, 7) is 7.62. The highest BCUT2D eigenvalue weighted by Crippen LogP contribution is 2.26. The van der Waals surface area contributed by atoms with E-state index < -0.39 is 0 Å². The minimum Gasteiger partial charge on any atom is -0.366 e. The van der Waals surface area contributed by atoms with Crippen LogP contribution < -0.4 is 10.6 Å². The number of rotatable bonds is 4. The van der Waals surface area contributed by atoms with Crippen LogP contribution >= 0.6 is 28.3 Å². The van der Waals surface area contributed by atoms with Gasteiger partial charge < -0.3 is 10.6 Å². The van der Waals surface area contributed by atoms with Gasteiger partial charge >= 0.3 is 0 Å². The molecule has 2 N–H and O–H groups in total. The van der Waals surface area contributed by atoms with Crippen molar-refractivity contribution in [3.05, 3.63) is 29.0 Å². The standard InChI is InChI=1S/C15H20BrN5.ClH/c1-11(9-21-7-5-17-6-8-21)20-15-12-3-2-4-13(16)14(12)18-10-19-15;/h2-4,10-11,17H,5-9H2,1H3,(H,18,19,20);1H. The molecule has 1 aliphatic heterocycles. The number of piperazine rings is 1. The zero-order valence-corrected chi connectivity index (χ0v) is 15.0. The summed E-state index contributed by atoms with van der Waals surface area (Å²) < 4.78 is 1.00. The van der Waals surface area contributed by atoms with E-state index in [0.29, 0.717) is 6.04 Å². The van der Waals surface area contributed by atoms with Crippen molar-refractivity contribution in [3.63, 3.8) is 0 Å². The van der Waals surface area contributed by atoms with Gasteiger partial charge in [-0.25, -0.2) is 9.97 Å². The number of halogens is 2. The van der Waals surface area contributed by atoms with E-state index in [1.165, 1.54) is 0 Å². The summed E-state index contributed by atoms with van der Waals surface area (Å²) in [7, 11) is 0. The fraction of sp³-hybridized carbons (Fsp3) is 0.467. The Balaban J connectivity index is 0.00000176. The quantitative estimate of drug-likeness (QED) is 0.845. The van der Waals surface area contributed by atoms with Gasteiger partial charge in [0.15, 0.2) is 0 Å². The molecular formula is C15H21BrClN5. The second kappa shape index (κ2) is 8.06. The van der Waals surface area contributed by atoms with Crippen LogP contribution in [0.4, 0.5) is 5.82 Å². The van der Waals surface area contributed by atoms with Crippen LogP contribution in [0.2, 0.25) is 0 Å².